The molecular weight excluding hydrogens is 380 g/mol. The molecular formula is C24H26N2O4. The van der Waals surface area contributed by atoms with Gasteiger partial charge in [0.2, 0.25) is 0 Å². The molecule has 1 spiro atoms. The van der Waals surface area contributed by atoms with Crippen molar-refractivity contribution in [3.05, 3.63) is 59.1 Å². The van der Waals surface area contributed by atoms with Gasteiger partial charge in [-0.25, -0.2) is 0 Å². The number of hydrogen-bond acceptors (Lipinski definition) is 5. The molecule has 1 aliphatic carbocycles. The molecule has 0 saturated heterocycles. The Balaban J connectivity index is 1.46. The van der Waals surface area contributed by atoms with E-state index in [0.717, 1.165) is 53.5 Å². The first kappa shape index (κ1) is 19.1. The lowest BCUT2D eigenvalue weighted by molar-refractivity contribution is -0.0373. The molecule has 6 nitrogen and oxygen atoms in total. The molecule has 3 aromatic rings. The van der Waals surface area contributed by atoms with E-state index < -0.39 is 6.10 Å². The van der Waals surface area contributed by atoms with Gasteiger partial charge in [-0.3, -0.25) is 9.78 Å². The number of rotatable bonds is 3. The number of ether oxygens (including phenoxy) is 1. The first-order valence-electron chi connectivity index (χ1n) is 10.7. The minimum atomic E-state index is -0.627. The summed E-state index contributed by atoms with van der Waals surface area (Å²) in [6, 6.07) is 7.45. The second-order valence-electron chi connectivity index (χ2n) is 8.52. The fraction of sp³-hybridized carbons (Fsp3) is 0.417. The van der Waals surface area contributed by atoms with E-state index >= 15 is 0 Å². The van der Waals surface area contributed by atoms with Crippen molar-refractivity contribution in [1.29, 1.82) is 0 Å². The third-order valence-corrected chi connectivity index (χ3v) is 6.47. The molecule has 1 saturated carbocycles. The van der Waals surface area contributed by atoms with Gasteiger partial charge in [-0.15, -0.1) is 0 Å². The number of aliphatic hydroxyl groups is 1. The Bertz CT molecular complexity index is 1080. The maximum absolute atomic E-state index is 12.8. The predicted octanol–water partition coefficient (Wildman–Crippen LogP) is 4.59. The Morgan fingerprint density at radius 3 is 2.87 bits per heavy atom. The van der Waals surface area contributed by atoms with Crippen molar-refractivity contribution >= 4 is 16.9 Å². The average molecular weight is 406 g/mol. The third-order valence-electron chi connectivity index (χ3n) is 6.47. The van der Waals surface area contributed by atoms with Crippen molar-refractivity contribution in [1.82, 2.24) is 10.3 Å². The maximum Gasteiger partial charge on any atom is 0.287 e. The van der Waals surface area contributed by atoms with Crippen LogP contribution in [0.15, 0.2) is 41.1 Å². The van der Waals surface area contributed by atoms with Crippen LogP contribution < -0.4 is 10.1 Å². The summed E-state index contributed by atoms with van der Waals surface area (Å²) in [6.45, 7) is 2.23. The van der Waals surface area contributed by atoms with E-state index in [2.05, 4.69) is 10.3 Å². The summed E-state index contributed by atoms with van der Waals surface area (Å²) in [5.74, 6) is 0.707. The van der Waals surface area contributed by atoms with E-state index in [9.17, 15) is 9.90 Å². The van der Waals surface area contributed by atoms with Gasteiger partial charge in [0.25, 0.3) is 5.91 Å². The van der Waals surface area contributed by atoms with Gasteiger partial charge in [0.15, 0.2) is 5.76 Å². The lowest BCUT2D eigenvalue weighted by atomic mass is 9.77. The summed E-state index contributed by atoms with van der Waals surface area (Å²) >= 11 is 0. The number of aliphatic hydroxyl groups excluding tert-OH is 1. The Morgan fingerprint density at radius 2 is 2.10 bits per heavy atom. The van der Waals surface area contributed by atoms with Crippen LogP contribution in [0.3, 0.4) is 0 Å². The first-order valence-corrected chi connectivity index (χ1v) is 10.7. The van der Waals surface area contributed by atoms with Crippen molar-refractivity contribution in [2.45, 2.75) is 63.7 Å². The van der Waals surface area contributed by atoms with Crippen LogP contribution >= 0.6 is 0 Å². The van der Waals surface area contributed by atoms with Crippen LogP contribution in [0.2, 0.25) is 0 Å². The van der Waals surface area contributed by atoms with E-state index in [4.69, 9.17) is 9.15 Å². The van der Waals surface area contributed by atoms with Crippen molar-refractivity contribution in [3.63, 3.8) is 0 Å². The molecule has 1 fully saturated rings. The summed E-state index contributed by atoms with van der Waals surface area (Å²) < 4.78 is 12.4. The molecule has 5 rings (SSSR count). The first-order chi connectivity index (χ1) is 14.6. The Hall–Kier alpha value is -2.86. The minimum absolute atomic E-state index is 0.264. The van der Waals surface area contributed by atoms with Crippen molar-refractivity contribution in [2.75, 3.05) is 0 Å². The zero-order valence-electron chi connectivity index (χ0n) is 17.1. The highest BCUT2D eigenvalue weighted by Gasteiger charge is 2.42. The van der Waals surface area contributed by atoms with Gasteiger partial charge in [-0.2, -0.15) is 0 Å². The molecule has 2 N–H and O–H groups in total. The number of aryl methyl sites for hydroxylation is 1. The fourth-order valence-electron chi connectivity index (χ4n) is 4.99. The molecule has 6 heteroatoms. The standard InChI is InChI=1S/C24H26N2O4/c1-15-20-18(29-22(15)23(28)26-14-16-6-5-11-25-13-16)7-8-19-21(20)17(27)12-24(30-19)9-3-2-4-10-24/h5-8,11,13,17,27H,2-4,9-10,12,14H2,1H3,(H,26,28). The Labute approximate surface area is 175 Å². The summed E-state index contributed by atoms with van der Waals surface area (Å²) in [6.07, 6.45) is 8.84. The Morgan fingerprint density at radius 1 is 1.27 bits per heavy atom. The number of carbonyl (C=O) groups is 1. The largest absolute Gasteiger partial charge is 0.487 e. The monoisotopic (exact) mass is 406 g/mol. The Kier molecular flexibility index (Phi) is 4.74. The zero-order valence-corrected chi connectivity index (χ0v) is 17.1. The van der Waals surface area contributed by atoms with Crippen molar-refractivity contribution in [3.8, 4) is 5.75 Å². The van der Waals surface area contributed by atoms with Gasteiger partial charge in [-0.1, -0.05) is 12.5 Å². The quantitative estimate of drug-likeness (QED) is 0.665. The van der Waals surface area contributed by atoms with E-state index in [1.807, 2.05) is 31.2 Å². The summed E-state index contributed by atoms with van der Waals surface area (Å²) in [5, 5.41) is 14.7. The molecule has 2 aromatic heterocycles. The predicted molar refractivity (Wildman–Crippen MR) is 112 cm³/mol. The molecule has 30 heavy (non-hydrogen) atoms. The van der Waals surface area contributed by atoms with Crippen LogP contribution in [0.4, 0.5) is 0 Å². The number of carbonyl (C=O) groups excluding carboxylic acids is 1. The number of pyridine rings is 1. The minimum Gasteiger partial charge on any atom is -0.487 e. The van der Waals surface area contributed by atoms with E-state index in [0.29, 0.717) is 18.5 Å². The molecule has 156 valence electrons. The normalized spacial score (nSPS) is 20.0. The van der Waals surface area contributed by atoms with Gasteiger partial charge >= 0.3 is 0 Å². The van der Waals surface area contributed by atoms with E-state index in [1.165, 1.54) is 6.42 Å². The number of nitrogens with one attached hydrogen (secondary N) is 1. The number of aromatic nitrogens is 1. The molecule has 1 atom stereocenters. The summed E-state index contributed by atoms with van der Waals surface area (Å²) in [4.78, 5) is 16.8. The third kappa shape index (κ3) is 3.25. The van der Waals surface area contributed by atoms with Gasteiger partial charge in [0.05, 0.1) is 6.10 Å². The molecule has 3 heterocycles. The summed E-state index contributed by atoms with van der Waals surface area (Å²) in [7, 11) is 0. The zero-order chi connectivity index (χ0) is 20.7. The van der Waals surface area contributed by atoms with Crippen LogP contribution in [0.25, 0.3) is 11.0 Å². The number of hydrogen-bond donors (Lipinski definition) is 2. The molecule has 1 amide bonds. The van der Waals surface area contributed by atoms with Crippen LogP contribution in [-0.2, 0) is 6.54 Å². The molecule has 1 aliphatic heterocycles. The number of benzene rings is 1. The smallest absolute Gasteiger partial charge is 0.287 e. The van der Waals surface area contributed by atoms with Crippen LogP contribution in [0.5, 0.6) is 5.75 Å². The fourth-order valence-corrected chi connectivity index (χ4v) is 4.99. The number of fused-ring (bicyclic) bond motifs is 3. The van der Waals surface area contributed by atoms with E-state index in [1.54, 1.807) is 12.4 Å². The number of amides is 1. The molecule has 0 bridgehead atoms. The lowest BCUT2D eigenvalue weighted by Crippen LogP contribution is -2.42. The van der Waals surface area contributed by atoms with Crippen LogP contribution in [0, 0.1) is 6.92 Å². The highest BCUT2D eigenvalue weighted by molar-refractivity contribution is 6.00. The molecule has 1 aromatic carbocycles. The highest BCUT2D eigenvalue weighted by Crippen LogP contribution is 2.49. The number of furan rings is 1. The summed E-state index contributed by atoms with van der Waals surface area (Å²) in [5.41, 5.74) is 2.72. The highest BCUT2D eigenvalue weighted by atomic mass is 16.5. The van der Waals surface area contributed by atoms with Crippen molar-refractivity contribution in [2.24, 2.45) is 0 Å². The average Bonchev–Trinajstić information content (AvgIpc) is 3.10. The molecule has 1 unspecified atom stereocenters. The van der Waals surface area contributed by atoms with Crippen LogP contribution in [-0.4, -0.2) is 21.6 Å². The molecule has 0 radical (unpaired) electrons. The van der Waals surface area contributed by atoms with Gasteiger partial charge in [0, 0.05) is 41.9 Å². The topological polar surface area (TPSA) is 84.6 Å². The van der Waals surface area contributed by atoms with E-state index in [-0.39, 0.29) is 17.3 Å². The second-order valence-corrected chi connectivity index (χ2v) is 8.52. The number of nitrogens with zero attached hydrogens (tertiary/aromatic N) is 1. The SMILES string of the molecule is Cc1c(C(=O)NCc2cccnc2)oc2ccc3c(c12)C(O)CC1(CCCCC1)O3. The van der Waals surface area contributed by atoms with Gasteiger partial charge in [0.1, 0.15) is 16.9 Å². The maximum atomic E-state index is 12.8. The van der Waals surface area contributed by atoms with Crippen molar-refractivity contribution < 1.29 is 19.1 Å². The lowest BCUT2D eigenvalue weighted by Gasteiger charge is -2.43. The molecule has 2 aliphatic rings. The van der Waals surface area contributed by atoms with Gasteiger partial charge < -0.3 is 19.6 Å². The van der Waals surface area contributed by atoms with Crippen LogP contribution in [0.1, 0.15) is 71.9 Å². The second kappa shape index (κ2) is 7.43. The van der Waals surface area contributed by atoms with Gasteiger partial charge in [-0.05, 0) is 56.4 Å².